The molecule has 2 amide bonds. The number of hydrogen-bond acceptors (Lipinski definition) is 4. The minimum absolute atomic E-state index is 0.296. The van der Waals surface area contributed by atoms with Crippen molar-refractivity contribution in [1.29, 1.82) is 0 Å². The molecule has 4 heterocycles. The Bertz CT molecular complexity index is 1410. The van der Waals surface area contributed by atoms with Crippen LogP contribution in [-0.4, -0.2) is 55.8 Å². The van der Waals surface area contributed by atoms with Crippen LogP contribution in [0.3, 0.4) is 0 Å². The van der Waals surface area contributed by atoms with Crippen molar-refractivity contribution in [3.63, 3.8) is 0 Å². The van der Waals surface area contributed by atoms with Crippen molar-refractivity contribution < 1.29 is 22.8 Å². The molecule has 0 aliphatic carbocycles. The van der Waals surface area contributed by atoms with E-state index < -0.39 is 12.5 Å². The van der Waals surface area contributed by atoms with Crippen LogP contribution in [0.5, 0.6) is 0 Å². The molecule has 1 aliphatic heterocycles. The van der Waals surface area contributed by atoms with Gasteiger partial charge in [-0.3, -0.25) is 14.5 Å². The summed E-state index contributed by atoms with van der Waals surface area (Å²) in [5.41, 5.74) is 11.0. The maximum Gasteiger partial charge on any atom is 0.446 e. The number of primary amides is 1. The third-order valence-corrected chi connectivity index (χ3v) is 6.47. The molecular formula is C25H24ClF3N6O2. The van der Waals surface area contributed by atoms with E-state index in [2.05, 4.69) is 20.7 Å². The van der Waals surface area contributed by atoms with E-state index in [9.17, 15) is 18.0 Å². The summed E-state index contributed by atoms with van der Waals surface area (Å²) in [6, 6.07) is 9.58. The van der Waals surface area contributed by atoms with Gasteiger partial charge in [0.1, 0.15) is 0 Å². The Morgan fingerprint density at radius 3 is 2.32 bits per heavy atom. The fourth-order valence-electron chi connectivity index (χ4n) is 4.65. The van der Waals surface area contributed by atoms with E-state index in [4.69, 9.17) is 22.1 Å². The second kappa shape index (κ2) is 10.6. The summed E-state index contributed by atoms with van der Waals surface area (Å²) in [7, 11) is 1.92. The lowest BCUT2D eigenvalue weighted by atomic mass is 9.86. The molecule has 4 aromatic rings. The van der Waals surface area contributed by atoms with Gasteiger partial charge >= 0.3 is 12.2 Å². The third-order valence-electron chi connectivity index (χ3n) is 6.22. The zero-order valence-electron chi connectivity index (χ0n) is 19.8. The summed E-state index contributed by atoms with van der Waals surface area (Å²) < 4.78 is 35.3. The van der Waals surface area contributed by atoms with Crippen molar-refractivity contribution >= 4 is 34.8 Å². The summed E-state index contributed by atoms with van der Waals surface area (Å²) in [5, 5.41) is 6.29. The Morgan fingerprint density at radius 1 is 1.14 bits per heavy atom. The SMILES string of the molecule is Cn1cc(-c2c(C3CCN(C(N)=O)CC3)c3ccncc3n2-c2ccc(Cl)cc2)cn1.O=CC(F)(F)F. The lowest BCUT2D eigenvalue weighted by Gasteiger charge is -2.31. The summed E-state index contributed by atoms with van der Waals surface area (Å²) in [5.74, 6) is 0.296. The first-order valence-electron chi connectivity index (χ1n) is 11.4. The zero-order valence-corrected chi connectivity index (χ0v) is 20.6. The highest BCUT2D eigenvalue weighted by Crippen LogP contribution is 2.43. The number of hydrogen-bond donors (Lipinski definition) is 1. The highest BCUT2D eigenvalue weighted by Gasteiger charge is 2.30. The predicted molar refractivity (Wildman–Crippen MR) is 134 cm³/mol. The van der Waals surface area contributed by atoms with Crippen LogP contribution in [0.4, 0.5) is 18.0 Å². The number of carbonyl (C=O) groups is 2. The standard InChI is InChI=1S/C23H23ClN6O.C2HF3O/c1-28-14-16(12-27-28)22-21(15-7-10-29(11-8-15)23(25)31)19-6-9-26-13-20(19)30(22)18-4-2-17(24)3-5-18;3-2(4,5)1-6/h2-6,9,12-15H,7-8,10-11H2,1H3,(H2,25,31);1H. The summed E-state index contributed by atoms with van der Waals surface area (Å²) in [6.45, 7) is 1.32. The second-order valence-electron chi connectivity index (χ2n) is 8.63. The fourth-order valence-corrected chi connectivity index (χ4v) is 4.77. The maximum atomic E-state index is 11.6. The van der Waals surface area contributed by atoms with Crippen molar-refractivity contribution in [3.8, 4) is 16.9 Å². The van der Waals surface area contributed by atoms with Crippen LogP contribution in [0.15, 0.2) is 55.1 Å². The molecule has 3 aromatic heterocycles. The number of aryl methyl sites for hydroxylation is 1. The molecule has 1 fully saturated rings. The molecule has 8 nitrogen and oxygen atoms in total. The molecule has 37 heavy (non-hydrogen) atoms. The van der Waals surface area contributed by atoms with E-state index in [1.54, 1.807) is 4.90 Å². The molecular weight excluding hydrogens is 509 g/mol. The largest absolute Gasteiger partial charge is 0.446 e. The third kappa shape index (κ3) is 5.77. The van der Waals surface area contributed by atoms with Crippen LogP contribution in [0.25, 0.3) is 27.8 Å². The van der Waals surface area contributed by atoms with E-state index in [1.807, 2.05) is 60.8 Å². The maximum absolute atomic E-state index is 11.6. The molecule has 1 aliphatic rings. The number of aldehydes is 1. The first kappa shape index (κ1) is 26.2. The minimum atomic E-state index is -4.64. The average Bonchev–Trinajstić information content (AvgIpc) is 3.45. The lowest BCUT2D eigenvalue weighted by molar-refractivity contribution is -0.156. The van der Waals surface area contributed by atoms with Gasteiger partial charge in [-0.05, 0) is 54.7 Å². The molecule has 0 radical (unpaired) electrons. The van der Waals surface area contributed by atoms with Gasteiger partial charge in [-0.1, -0.05) is 11.6 Å². The second-order valence-corrected chi connectivity index (χ2v) is 9.07. The van der Waals surface area contributed by atoms with Crippen molar-refractivity contribution in [1.82, 2.24) is 24.2 Å². The van der Waals surface area contributed by atoms with Crippen LogP contribution < -0.4 is 5.73 Å². The van der Waals surface area contributed by atoms with Crippen LogP contribution in [-0.2, 0) is 11.8 Å². The molecule has 2 N–H and O–H groups in total. The molecule has 0 saturated carbocycles. The van der Waals surface area contributed by atoms with E-state index >= 15 is 0 Å². The Hall–Kier alpha value is -3.86. The number of benzene rings is 1. The van der Waals surface area contributed by atoms with E-state index in [0.717, 1.165) is 35.3 Å². The van der Waals surface area contributed by atoms with Gasteiger partial charge in [-0.25, -0.2) is 4.79 Å². The molecule has 0 spiro atoms. The molecule has 0 atom stereocenters. The molecule has 1 saturated heterocycles. The topological polar surface area (TPSA) is 99.0 Å². The zero-order chi connectivity index (χ0) is 26.7. The fraction of sp³-hybridized carbons (Fsp3) is 0.280. The van der Waals surface area contributed by atoms with Gasteiger partial charge in [0.25, 0.3) is 0 Å². The first-order chi connectivity index (χ1) is 17.6. The summed E-state index contributed by atoms with van der Waals surface area (Å²) in [6.07, 6.45) is 3.70. The van der Waals surface area contributed by atoms with E-state index in [-0.39, 0.29) is 6.03 Å². The van der Waals surface area contributed by atoms with Gasteiger partial charge in [-0.15, -0.1) is 0 Å². The highest BCUT2D eigenvalue weighted by molar-refractivity contribution is 6.30. The quantitative estimate of drug-likeness (QED) is 0.372. The molecule has 0 unspecified atom stereocenters. The number of alkyl halides is 3. The van der Waals surface area contributed by atoms with Crippen LogP contribution in [0.2, 0.25) is 5.02 Å². The molecule has 1 aromatic carbocycles. The number of halogens is 4. The molecule has 12 heteroatoms. The van der Waals surface area contributed by atoms with Crippen LogP contribution >= 0.6 is 11.6 Å². The minimum Gasteiger partial charge on any atom is -0.351 e. The number of nitrogens with two attached hydrogens (primary N) is 1. The van der Waals surface area contributed by atoms with Gasteiger partial charge < -0.3 is 15.2 Å². The average molecular weight is 533 g/mol. The number of rotatable bonds is 3. The van der Waals surface area contributed by atoms with E-state index in [1.165, 1.54) is 10.9 Å². The molecule has 0 bridgehead atoms. The Labute approximate surface area is 215 Å². The number of piperidine rings is 1. The Balaban J connectivity index is 0.000000480. The predicted octanol–water partition coefficient (Wildman–Crippen LogP) is 5.09. The van der Waals surface area contributed by atoms with Crippen molar-refractivity contribution in [3.05, 3.63) is 65.7 Å². The van der Waals surface area contributed by atoms with E-state index in [0.29, 0.717) is 24.0 Å². The van der Waals surface area contributed by atoms with Crippen LogP contribution in [0.1, 0.15) is 24.3 Å². The number of likely N-dealkylation sites (tertiary alicyclic amines) is 1. The Kier molecular flexibility index (Phi) is 7.53. The van der Waals surface area contributed by atoms with Gasteiger partial charge in [0.15, 0.2) is 0 Å². The smallest absolute Gasteiger partial charge is 0.351 e. The van der Waals surface area contributed by atoms with Gasteiger partial charge in [0, 0.05) is 54.2 Å². The highest BCUT2D eigenvalue weighted by atomic mass is 35.5. The number of nitrogens with zero attached hydrogens (tertiary/aromatic N) is 5. The monoisotopic (exact) mass is 532 g/mol. The number of fused-ring (bicyclic) bond motifs is 1. The Morgan fingerprint density at radius 2 is 1.78 bits per heavy atom. The van der Waals surface area contributed by atoms with Gasteiger partial charge in [-0.2, -0.15) is 18.3 Å². The van der Waals surface area contributed by atoms with Crippen molar-refractivity contribution in [2.75, 3.05) is 13.1 Å². The lowest BCUT2D eigenvalue weighted by Crippen LogP contribution is -2.41. The van der Waals surface area contributed by atoms with Gasteiger partial charge in [0.2, 0.25) is 6.29 Å². The first-order valence-corrected chi connectivity index (χ1v) is 11.8. The number of aromatic nitrogens is 4. The normalized spacial score (nSPS) is 14.4. The summed E-state index contributed by atoms with van der Waals surface area (Å²) in [4.78, 5) is 26.5. The number of carbonyl (C=O) groups excluding carboxylic acids is 2. The number of amides is 2. The van der Waals surface area contributed by atoms with Crippen molar-refractivity contribution in [2.45, 2.75) is 24.9 Å². The molecule has 5 rings (SSSR count). The number of urea groups is 1. The van der Waals surface area contributed by atoms with Crippen LogP contribution in [0, 0.1) is 0 Å². The molecule has 194 valence electrons. The van der Waals surface area contributed by atoms with Gasteiger partial charge in [0.05, 0.1) is 23.6 Å². The number of pyridine rings is 1. The van der Waals surface area contributed by atoms with Crippen molar-refractivity contribution in [2.24, 2.45) is 12.8 Å². The summed E-state index contributed by atoms with van der Waals surface area (Å²) >= 11 is 6.17.